The van der Waals surface area contributed by atoms with Crippen LogP contribution < -0.4 is 10.1 Å². The summed E-state index contributed by atoms with van der Waals surface area (Å²) in [5.74, 6) is 0.554. The topological polar surface area (TPSA) is 85.2 Å². The average Bonchev–Trinajstić information content (AvgIpc) is 3.08. The quantitative estimate of drug-likeness (QED) is 0.803. The maximum atomic E-state index is 12.4. The molecule has 1 fully saturated rings. The third kappa shape index (κ3) is 4.01. The zero-order chi connectivity index (χ0) is 18.5. The molecule has 26 heavy (non-hydrogen) atoms. The lowest BCUT2D eigenvalue weighted by Gasteiger charge is -2.40. The van der Waals surface area contributed by atoms with Crippen LogP contribution in [0.3, 0.4) is 0 Å². The van der Waals surface area contributed by atoms with Crippen LogP contribution in [0.25, 0.3) is 0 Å². The number of nitrogens with zero attached hydrogens (tertiary/aromatic N) is 5. The van der Waals surface area contributed by atoms with E-state index in [4.69, 9.17) is 4.74 Å². The fourth-order valence-electron chi connectivity index (χ4n) is 3.61. The van der Waals surface area contributed by atoms with E-state index < -0.39 is 0 Å². The second-order valence-electron chi connectivity index (χ2n) is 6.54. The SMILES string of the molecule is CCN1C(=O)CC[C@H](CNCc2ccnc(OC)n2)[C@H]1c1cnn(C)c1. The molecule has 0 saturated carbocycles. The van der Waals surface area contributed by atoms with Gasteiger partial charge in [0, 0.05) is 51.1 Å². The first-order valence-corrected chi connectivity index (χ1v) is 8.97. The average molecular weight is 358 g/mol. The Kier molecular flexibility index (Phi) is 5.82. The van der Waals surface area contributed by atoms with E-state index in [9.17, 15) is 4.79 Å². The highest BCUT2D eigenvalue weighted by Gasteiger charge is 2.36. The first kappa shape index (κ1) is 18.3. The van der Waals surface area contributed by atoms with Gasteiger partial charge >= 0.3 is 6.01 Å². The van der Waals surface area contributed by atoms with Gasteiger partial charge in [0.1, 0.15) is 0 Å². The second-order valence-corrected chi connectivity index (χ2v) is 6.54. The molecular formula is C18H26N6O2. The summed E-state index contributed by atoms with van der Waals surface area (Å²) in [5, 5.41) is 7.77. The zero-order valence-electron chi connectivity index (χ0n) is 15.6. The second kappa shape index (κ2) is 8.27. The molecule has 1 aliphatic rings. The van der Waals surface area contributed by atoms with Gasteiger partial charge in [-0.05, 0) is 25.3 Å². The summed E-state index contributed by atoms with van der Waals surface area (Å²) < 4.78 is 6.86. The first-order valence-electron chi connectivity index (χ1n) is 8.97. The molecule has 2 atom stereocenters. The van der Waals surface area contributed by atoms with Gasteiger partial charge in [-0.25, -0.2) is 4.98 Å². The minimum atomic E-state index is 0.0578. The lowest BCUT2D eigenvalue weighted by molar-refractivity contribution is -0.138. The van der Waals surface area contributed by atoms with E-state index in [0.29, 0.717) is 31.4 Å². The normalized spacial score (nSPS) is 20.4. The van der Waals surface area contributed by atoms with Crippen LogP contribution in [-0.2, 0) is 18.4 Å². The van der Waals surface area contributed by atoms with E-state index in [0.717, 1.165) is 24.2 Å². The lowest BCUT2D eigenvalue weighted by Crippen LogP contribution is -2.45. The van der Waals surface area contributed by atoms with Crippen molar-refractivity contribution in [3.05, 3.63) is 35.9 Å². The monoisotopic (exact) mass is 358 g/mol. The summed E-state index contributed by atoms with van der Waals surface area (Å²) in [4.78, 5) is 22.7. The van der Waals surface area contributed by atoms with Crippen LogP contribution in [0, 0.1) is 5.92 Å². The number of likely N-dealkylation sites (tertiary alicyclic amines) is 1. The van der Waals surface area contributed by atoms with E-state index in [2.05, 4.69) is 20.4 Å². The Hall–Kier alpha value is -2.48. The van der Waals surface area contributed by atoms with Crippen molar-refractivity contribution in [1.82, 2.24) is 30.0 Å². The van der Waals surface area contributed by atoms with E-state index in [1.54, 1.807) is 18.0 Å². The van der Waals surface area contributed by atoms with Crippen molar-refractivity contribution in [2.24, 2.45) is 13.0 Å². The summed E-state index contributed by atoms with van der Waals surface area (Å²) in [5.41, 5.74) is 1.98. The molecule has 0 unspecified atom stereocenters. The third-order valence-electron chi connectivity index (χ3n) is 4.83. The molecule has 1 amide bonds. The van der Waals surface area contributed by atoms with Gasteiger partial charge in [0.2, 0.25) is 5.91 Å². The van der Waals surface area contributed by atoms with Crippen LogP contribution in [0.5, 0.6) is 6.01 Å². The molecule has 0 radical (unpaired) electrons. The van der Waals surface area contributed by atoms with Crippen molar-refractivity contribution in [2.75, 3.05) is 20.2 Å². The number of ether oxygens (including phenoxy) is 1. The number of piperidine rings is 1. The van der Waals surface area contributed by atoms with E-state index >= 15 is 0 Å². The Morgan fingerprint density at radius 3 is 2.96 bits per heavy atom. The van der Waals surface area contributed by atoms with Gasteiger partial charge in [0.15, 0.2) is 0 Å². The summed E-state index contributed by atoms with van der Waals surface area (Å²) in [7, 11) is 3.46. The molecule has 3 heterocycles. The van der Waals surface area contributed by atoms with Crippen molar-refractivity contribution < 1.29 is 9.53 Å². The maximum Gasteiger partial charge on any atom is 0.316 e. The molecule has 3 rings (SSSR count). The summed E-state index contributed by atoms with van der Waals surface area (Å²) >= 11 is 0. The Balaban J connectivity index is 1.68. The van der Waals surface area contributed by atoms with Crippen molar-refractivity contribution >= 4 is 5.91 Å². The molecular weight excluding hydrogens is 332 g/mol. The van der Waals surface area contributed by atoms with Crippen molar-refractivity contribution in [2.45, 2.75) is 32.4 Å². The van der Waals surface area contributed by atoms with Crippen LogP contribution in [0.2, 0.25) is 0 Å². The van der Waals surface area contributed by atoms with Gasteiger partial charge in [-0.15, -0.1) is 0 Å². The highest BCUT2D eigenvalue weighted by Crippen LogP contribution is 2.36. The molecule has 8 heteroatoms. The molecule has 2 aromatic heterocycles. The molecule has 1 aliphatic heterocycles. The number of aromatic nitrogens is 4. The highest BCUT2D eigenvalue weighted by atomic mass is 16.5. The summed E-state index contributed by atoms with van der Waals surface area (Å²) in [6, 6.07) is 2.30. The Morgan fingerprint density at radius 2 is 2.27 bits per heavy atom. The molecule has 1 saturated heterocycles. The highest BCUT2D eigenvalue weighted by molar-refractivity contribution is 5.77. The predicted molar refractivity (Wildman–Crippen MR) is 96.4 cm³/mol. The fourth-order valence-corrected chi connectivity index (χ4v) is 3.61. The molecule has 8 nitrogen and oxygen atoms in total. The van der Waals surface area contributed by atoms with Gasteiger partial charge in [-0.1, -0.05) is 0 Å². The number of hydrogen-bond acceptors (Lipinski definition) is 6. The number of amides is 1. The first-order chi connectivity index (χ1) is 12.6. The van der Waals surface area contributed by atoms with Gasteiger partial charge in [0.25, 0.3) is 0 Å². The molecule has 0 spiro atoms. The van der Waals surface area contributed by atoms with Crippen molar-refractivity contribution in [3.63, 3.8) is 0 Å². The van der Waals surface area contributed by atoms with Gasteiger partial charge in [-0.3, -0.25) is 9.48 Å². The maximum absolute atomic E-state index is 12.4. The smallest absolute Gasteiger partial charge is 0.316 e. The molecule has 140 valence electrons. The van der Waals surface area contributed by atoms with E-state index in [-0.39, 0.29) is 11.9 Å². The van der Waals surface area contributed by atoms with Gasteiger partial charge < -0.3 is 15.0 Å². The Bertz CT molecular complexity index is 747. The van der Waals surface area contributed by atoms with Crippen LogP contribution in [-0.4, -0.2) is 50.8 Å². The standard InChI is InChI=1S/C18H26N6O2/c1-4-24-16(25)6-5-13(17(24)14-10-21-23(2)12-14)9-19-11-15-7-8-20-18(22-15)26-3/h7-8,10,12-13,17,19H,4-6,9,11H2,1-3H3/t13-,17+/m1/s1. The van der Waals surface area contributed by atoms with E-state index in [1.165, 1.54) is 0 Å². The fraction of sp³-hybridized carbons (Fsp3) is 0.556. The Labute approximate surface area is 153 Å². The van der Waals surface area contributed by atoms with Crippen LogP contribution in [0.1, 0.15) is 37.1 Å². The van der Waals surface area contributed by atoms with Crippen LogP contribution >= 0.6 is 0 Å². The molecule has 0 bridgehead atoms. The van der Waals surface area contributed by atoms with Crippen LogP contribution in [0.4, 0.5) is 0 Å². The number of carbonyl (C=O) groups excluding carboxylic acids is 1. The van der Waals surface area contributed by atoms with Crippen LogP contribution in [0.15, 0.2) is 24.7 Å². The van der Waals surface area contributed by atoms with Gasteiger partial charge in [-0.2, -0.15) is 10.1 Å². The molecule has 0 aromatic carbocycles. The molecule has 1 N–H and O–H groups in total. The largest absolute Gasteiger partial charge is 0.467 e. The minimum Gasteiger partial charge on any atom is -0.467 e. The minimum absolute atomic E-state index is 0.0578. The number of nitrogens with one attached hydrogen (secondary N) is 1. The third-order valence-corrected chi connectivity index (χ3v) is 4.83. The van der Waals surface area contributed by atoms with E-state index in [1.807, 2.05) is 37.3 Å². The van der Waals surface area contributed by atoms with Gasteiger partial charge in [0.05, 0.1) is 25.0 Å². The molecule has 0 aliphatic carbocycles. The number of carbonyl (C=O) groups is 1. The summed E-state index contributed by atoms with van der Waals surface area (Å²) in [6.45, 7) is 4.17. The number of methoxy groups -OCH3 is 1. The lowest BCUT2D eigenvalue weighted by atomic mass is 9.85. The molecule has 2 aromatic rings. The number of hydrogen-bond donors (Lipinski definition) is 1. The number of rotatable bonds is 7. The summed E-state index contributed by atoms with van der Waals surface area (Å²) in [6.07, 6.45) is 7.04. The number of aryl methyl sites for hydroxylation is 1. The predicted octanol–water partition coefficient (Wildman–Crippen LogP) is 1.31. The Morgan fingerprint density at radius 1 is 1.42 bits per heavy atom. The zero-order valence-corrected chi connectivity index (χ0v) is 15.6. The van der Waals surface area contributed by atoms with Crippen molar-refractivity contribution in [1.29, 1.82) is 0 Å². The van der Waals surface area contributed by atoms with Crippen molar-refractivity contribution in [3.8, 4) is 6.01 Å².